The number of nitrogens with zero attached hydrogens (tertiary/aromatic N) is 3. The minimum Gasteiger partial charge on any atom is -0.491 e. The largest absolute Gasteiger partial charge is 0.491 e. The van der Waals surface area contributed by atoms with Crippen LogP contribution >= 0.6 is 0 Å². The number of rotatable bonds is 8. The van der Waals surface area contributed by atoms with E-state index in [1.165, 1.54) is 23.8 Å². The summed E-state index contributed by atoms with van der Waals surface area (Å²) in [5.41, 5.74) is 2.54. The Bertz CT molecular complexity index is 861. The fraction of sp³-hybridized carbons (Fsp3) is 0.524. The molecule has 0 bridgehead atoms. The molecule has 0 fully saturated rings. The van der Waals surface area contributed by atoms with E-state index in [4.69, 9.17) is 4.74 Å². The van der Waals surface area contributed by atoms with Crippen molar-refractivity contribution in [2.75, 3.05) is 19.7 Å². The number of benzene rings is 1. The maximum Gasteiger partial charge on any atom is 0.419 e. The first kappa shape index (κ1) is 23.6. The Morgan fingerprint density at radius 3 is 2.57 bits per heavy atom. The lowest BCUT2D eigenvalue weighted by Gasteiger charge is -2.18. The maximum absolute atomic E-state index is 13.0. The van der Waals surface area contributed by atoms with Gasteiger partial charge in [0.15, 0.2) is 5.96 Å². The van der Waals surface area contributed by atoms with Crippen LogP contribution in [-0.4, -0.2) is 41.5 Å². The summed E-state index contributed by atoms with van der Waals surface area (Å²) in [7, 11) is 1.92. The Kier molecular flexibility index (Phi) is 8.14. The van der Waals surface area contributed by atoms with Crippen LogP contribution in [0.4, 0.5) is 13.2 Å². The molecule has 0 aliphatic carbocycles. The van der Waals surface area contributed by atoms with E-state index >= 15 is 0 Å². The standard InChI is InChI=1S/C21H30F3N5O/c1-6-25-20(27-14(2)13-17-15(3)28-29(5)16(17)4)26-11-12-30-19-10-8-7-9-18(19)21(22,23)24/h7-10,14H,6,11-13H2,1-5H3,(H2,25,26,27). The molecule has 1 unspecified atom stereocenters. The molecule has 1 atom stereocenters. The number of guanidine groups is 1. The number of aliphatic imine (C=N–C) groups is 1. The van der Waals surface area contributed by atoms with Crippen LogP contribution in [0.3, 0.4) is 0 Å². The number of hydrogen-bond acceptors (Lipinski definition) is 3. The summed E-state index contributed by atoms with van der Waals surface area (Å²) in [5.74, 6) is 0.408. The molecular formula is C21H30F3N5O. The second kappa shape index (κ2) is 10.4. The summed E-state index contributed by atoms with van der Waals surface area (Å²) >= 11 is 0. The summed E-state index contributed by atoms with van der Waals surface area (Å²) in [4.78, 5) is 4.42. The van der Waals surface area contributed by atoms with E-state index in [9.17, 15) is 13.2 Å². The van der Waals surface area contributed by atoms with Gasteiger partial charge in [0, 0.05) is 25.3 Å². The Morgan fingerprint density at radius 1 is 1.27 bits per heavy atom. The molecule has 2 aromatic rings. The predicted molar refractivity (Wildman–Crippen MR) is 112 cm³/mol. The Hall–Kier alpha value is -2.71. The zero-order valence-corrected chi connectivity index (χ0v) is 18.1. The molecule has 0 saturated heterocycles. The molecule has 0 aliphatic rings. The van der Waals surface area contributed by atoms with Gasteiger partial charge in [0.05, 0.1) is 17.8 Å². The highest BCUT2D eigenvalue weighted by Gasteiger charge is 2.33. The van der Waals surface area contributed by atoms with E-state index in [1.807, 2.05) is 32.5 Å². The Balaban J connectivity index is 1.95. The van der Waals surface area contributed by atoms with Gasteiger partial charge in [-0.1, -0.05) is 12.1 Å². The first-order valence-electron chi connectivity index (χ1n) is 9.96. The van der Waals surface area contributed by atoms with Crippen molar-refractivity contribution in [3.8, 4) is 5.75 Å². The molecule has 166 valence electrons. The molecule has 0 radical (unpaired) electrons. The summed E-state index contributed by atoms with van der Waals surface area (Å²) in [6.45, 7) is 8.96. The van der Waals surface area contributed by atoms with Crippen LogP contribution in [0, 0.1) is 13.8 Å². The number of para-hydroxylation sites is 1. The summed E-state index contributed by atoms with van der Waals surface area (Å²) in [5, 5.41) is 10.9. The van der Waals surface area contributed by atoms with E-state index in [0.29, 0.717) is 12.5 Å². The number of nitrogens with one attached hydrogen (secondary N) is 2. The molecule has 0 aliphatic heterocycles. The lowest BCUT2D eigenvalue weighted by atomic mass is 10.1. The van der Waals surface area contributed by atoms with Gasteiger partial charge in [-0.15, -0.1) is 0 Å². The highest BCUT2D eigenvalue weighted by atomic mass is 19.4. The second-order valence-electron chi connectivity index (χ2n) is 7.13. The fourth-order valence-corrected chi connectivity index (χ4v) is 3.16. The van der Waals surface area contributed by atoms with Gasteiger partial charge < -0.3 is 15.4 Å². The molecule has 2 rings (SSSR count). The third-order valence-electron chi connectivity index (χ3n) is 4.71. The zero-order chi connectivity index (χ0) is 22.3. The van der Waals surface area contributed by atoms with Crippen LogP contribution in [0.15, 0.2) is 29.3 Å². The van der Waals surface area contributed by atoms with E-state index in [2.05, 4.69) is 27.6 Å². The lowest BCUT2D eigenvalue weighted by molar-refractivity contribution is -0.138. The maximum atomic E-state index is 13.0. The molecular weight excluding hydrogens is 395 g/mol. The topological polar surface area (TPSA) is 63.5 Å². The highest BCUT2D eigenvalue weighted by molar-refractivity contribution is 5.80. The molecule has 30 heavy (non-hydrogen) atoms. The van der Waals surface area contributed by atoms with Crippen molar-refractivity contribution in [1.82, 2.24) is 20.4 Å². The van der Waals surface area contributed by atoms with Gasteiger partial charge >= 0.3 is 6.18 Å². The number of hydrogen-bond donors (Lipinski definition) is 2. The minimum absolute atomic E-state index is 0.0405. The van der Waals surface area contributed by atoms with Gasteiger partial charge in [-0.25, -0.2) is 4.99 Å². The van der Waals surface area contributed by atoms with Crippen LogP contribution in [0.1, 0.15) is 36.4 Å². The van der Waals surface area contributed by atoms with E-state index < -0.39 is 11.7 Å². The SMILES string of the molecule is CCNC(=NCCOc1ccccc1C(F)(F)F)NC(C)Cc1c(C)nn(C)c1C. The van der Waals surface area contributed by atoms with Gasteiger partial charge in [0.2, 0.25) is 0 Å². The third-order valence-corrected chi connectivity index (χ3v) is 4.71. The van der Waals surface area contributed by atoms with Gasteiger partial charge in [-0.05, 0) is 51.8 Å². The van der Waals surface area contributed by atoms with Crippen LogP contribution in [0.2, 0.25) is 0 Å². The number of ether oxygens (including phenoxy) is 1. The van der Waals surface area contributed by atoms with E-state index in [-0.39, 0.29) is 24.9 Å². The molecule has 9 heteroatoms. The number of aryl methyl sites for hydroxylation is 2. The minimum atomic E-state index is -4.45. The number of halogens is 3. The van der Waals surface area contributed by atoms with Crippen molar-refractivity contribution in [2.24, 2.45) is 12.0 Å². The van der Waals surface area contributed by atoms with Crippen LogP contribution in [-0.2, 0) is 19.6 Å². The molecule has 0 spiro atoms. The van der Waals surface area contributed by atoms with Crippen LogP contribution in [0.5, 0.6) is 5.75 Å². The van der Waals surface area contributed by atoms with E-state index in [0.717, 1.165) is 23.9 Å². The van der Waals surface area contributed by atoms with Gasteiger partial charge in [-0.3, -0.25) is 4.68 Å². The molecule has 1 aromatic heterocycles. The summed E-state index contributed by atoms with van der Waals surface area (Å²) in [6.07, 6.45) is -3.67. The van der Waals surface area contributed by atoms with Crippen molar-refractivity contribution < 1.29 is 17.9 Å². The Morgan fingerprint density at radius 2 is 1.97 bits per heavy atom. The van der Waals surface area contributed by atoms with Crippen LogP contribution in [0.25, 0.3) is 0 Å². The molecule has 0 saturated carbocycles. The van der Waals surface area contributed by atoms with Crippen molar-refractivity contribution in [1.29, 1.82) is 0 Å². The van der Waals surface area contributed by atoms with Crippen molar-refractivity contribution in [2.45, 2.75) is 46.3 Å². The predicted octanol–water partition coefficient (Wildman–Crippen LogP) is 3.62. The smallest absolute Gasteiger partial charge is 0.419 e. The summed E-state index contributed by atoms with van der Waals surface area (Å²) < 4.78 is 46.3. The second-order valence-corrected chi connectivity index (χ2v) is 7.13. The normalized spacial score (nSPS) is 13.3. The molecule has 1 heterocycles. The van der Waals surface area contributed by atoms with Crippen molar-refractivity contribution in [3.05, 3.63) is 46.8 Å². The molecule has 0 amide bonds. The van der Waals surface area contributed by atoms with Gasteiger partial charge in [0.25, 0.3) is 0 Å². The fourth-order valence-electron chi connectivity index (χ4n) is 3.16. The van der Waals surface area contributed by atoms with Crippen LogP contribution < -0.4 is 15.4 Å². The van der Waals surface area contributed by atoms with Gasteiger partial charge in [-0.2, -0.15) is 18.3 Å². The number of aromatic nitrogens is 2. The lowest BCUT2D eigenvalue weighted by Crippen LogP contribution is -2.43. The molecule has 6 nitrogen and oxygen atoms in total. The van der Waals surface area contributed by atoms with E-state index in [1.54, 1.807) is 0 Å². The van der Waals surface area contributed by atoms with Gasteiger partial charge in [0.1, 0.15) is 12.4 Å². The Labute approximate surface area is 175 Å². The van der Waals surface area contributed by atoms with Crippen molar-refractivity contribution in [3.63, 3.8) is 0 Å². The highest BCUT2D eigenvalue weighted by Crippen LogP contribution is 2.35. The molecule has 2 N–H and O–H groups in total. The number of alkyl halides is 3. The van der Waals surface area contributed by atoms with Crippen molar-refractivity contribution >= 4 is 5.96 Å². The average Bonchev–Trinajstić information content (AvgIpc) is 2.91. The monoisotopic (exact) mass is 425 g/mol. The first-order chi connectivity index (χ1) is 14.1. The third kappa shape index (κ3) is 6.40. The summed E-state index contributed by atoms with van der Waals surface area (Å²) in [6, 6.07) is 5.28. The average molecular weight is 425 g/mol. The molecule has 1 aromatic carbocycles. The first-order valence-corrected chi connectivity index (χ1v) is 9.96. The zero-order valence-electron chi connectivity index (χ0n) is 18.1. The quantitative estimate of drug-likeness (QED) is 0.385.